The number of nitrogens with zero attached hydrogens (tertiary/aromatic N) is 8. The van der Waals surface area contributed by atoms with Crippen molar-refractivity contribution < 1.29 is 52.4 Å². The van der Waals surface area contributed by atoms with E-state index in [0.29, 0.717) is 109 Å². The van der Waals surface area contributed by atoms with E-state index in [1.165, 1.54) is 103 Å². The molecule has 16 aromatic rings. The van der Waals surface area contributed by atoms with Gasteiger partial charge in [0, 0.05) is 142 Å². The Kier molecular flexibility index (Phi) is 24.2. The predicted octanol–water partition coefficient (Wildman–Crippen LogP) is 36.1. The Labute approximate surface area is 899 Å². The lowest BCUT2D eigenvalue weighted by molar-refractivity contribution is -0.660. The van der Waals surface area contributed by atoms with Gasteiger partial charge in [-0.2, -0.15) is 0 Å². The molecule has 12 aromatic heterocycles. The van der Waals surface area contributed by atoms with Gasteiger partial charge in [-0.3, -0.25) is 0 Å². The Bertz CT molecular complexity index is 8280. The largest absolute Gasteiger partial charge is 0.437 e. The summed E-state index contributed by atoms with van der Waals surface area (Å²) < 4.78 is 141. The molecule has 774 valence electrons. The van der Waals surface area contributed by atoms with Crippen LogP contribution in [0.4, 0.5) is 0 Å². The van der Waals surface area contributed by atoms with Crippen molar-refractivity contribution in [1.82, 2.24) is 19.9 Å². The molecule has 2 spiro atoms. The maximum Gasteiger partial charge on any atom is 0.227 e. The molecule has 148 heavy (non-hydrogen) atoms. The quantitative estimate of drug-likeness (QED) is 0.117. The number of aromatic nitrogens is 8. The average molecular weight is 1990 g/mol. The summed E-state index contributed by atoms with van der Waals surface area (Å²) in [7, 11) is 7.96. The Morgan fingerprint density at radius 3 is 0.899 bits per heavy atom. The minimum absolute atomic E-state index is 0.295. The highest BCUT2D eigenvalue weighted by molar-refractivity contribution is 6.12. The van der Waals surface area contributed by atoms with Gasteiger partial charge in [-0.1, -0.05) is 142 Å². The second-order valence-electron chi connectivity index (χ2n) is 50.7. The topological polar surface area (TPSA) is 120 Å². The summed E-state index contributed by atoms with van der Waals surface area (Å²) in [6.07, 6.45) is 48.6. The van der Waals surface area contributed by atoms with Gasteiger partial charge in [-0.05, 0) is 422 Å². The molecule has 9 saturated carbocycles. The number of hydrogen-bond acceptors (Lipinski definition) is 8. The van der Waals surface area contributed by atoms with Gasteiger partial charge in [-0.15, -0.1) is 0 Å². The van der Waals surface area contributed by atoms with Gasteiger partial charge in [0.25, 0.3) is 0 Å². The van der Waals surface area contributed by atoms with Crippen LogP contribution >= 0.6 is 0 Å². The van der Waals surface area contributed by atoms with Crippen LogP contribution in [0.3, 0.4) is 0 Å². The maximum atomic E-state index is 9.71. The smallest absolute Gasteiger partial charge is 0.227 e. The van der Waals surface area contributed by atoms with Crippen molar-refractivity contribution >= 4 is 88.3 Å². The van der Waals surface area contributed by atoms with Crippen molar-refractivity contribution in [2.24, 2.45) is 72.5 Å². The predicted molar refractivity (Wildman–Crippen MR) is 609 cm³/mol. The molecule has 12 heterocycles. The second kappa shape index (κ2) is 40.8. The summed E-state index contributed by atoms with van der Waals surface area (Å²) >= 11 is 0. The first kappa shape index (κ1) is 87.9. The van der Waals surface area contributed by atoms with Crippen LogP contribution in [0.25, 0.3) is 133 Å². The van der Waals surface area contributed by atoms with Crippen molar-refractivity contribution in [1.29, 1.82) is 0 Å². The molecule has 0 saturated heterocycles. The maximum absolute atomic E-state index is 9.71. The number of rotatable bonds is 11. The van der Waals surface area contributed by atoms with Gasteiger partial charge in [0.1, 0.15) is 28.2 Å². The van der Waals surface area contributed by atoms with E-state index in [4.69, 9.17) is 35.9 Å². The van der Waals surface area contributed by atoms with Gasteiger partial charge in [0.05, 0.1) is 22.3 Å². The normalized spacial score (nSPS) is 24.0. The van der Waals surface area contributed by atoms with Crippen LogP contribution in [0.2, 0.25) is 0 Å². The monoisotopic (exact) mass is 1990 g/mol. The highest BCUT2D eigenvalue weighted by Crippen LogP contribution is 2.57. The summed E-state index contributed by atoms with van der Waals surface area (Å²) in [5.74, 6) is -2.85. The van der Waals surface area contributed by atoms with E-state index >= 15 is 0 Å². The standard InChI is InChI=1S/C37H47N2O.2C34H43N2O.C31H37N2O/c1-25-8-9-29-30-10-11-31(27-12-19-36(2,3)20-13-27)38-35(30)40-34(29)33(25)32-24-28(16-23-39(32)4)26-14-21-37(22-15-26)17-6-5-7-18-37;1-21-7-13-27-28-14-8-23(3)35-33(28)37-32(27)31(21)30-19-29(22(2)20-36(30)6)26-11-9-24(10-12-26)25-15-17-34(4,5)18-16-25;1-22-7-8-26-27-9-10-28(24-13-18-34(4,5)19-14-24)35-32(27)37-31(26)30(22)29-21-25(15-20-36(29)6)23-11-16-33(2,3)17-12-23;1-20-8-10-24-25-11-9-22(3)32-30(25)34-29(24)28(20)27-18-26(21(2)19-33(27)4)23-12-16-31(17-13-23)14-6-5-7-15-31/h8-11,16,23-24,26-27H,5-7,12-15,17-22H2,1-4H3;7-8,13-14,19-20,24-26H,9-12,15-18H2,1-6H3;7-10,15,20-21,23-24H,11-14,16-19H2,1-6H3;8-11,18-19,23H,5-7,12-17H2,1-4H3/q4*+1/i26D,27D;2D3,26D;23D,24D;2D3,23D. The van der Waals surface area contributed by atoms with E-state index in [9.17, 15) is 8.22 Å². The van der Waals surface area contributed by atoms with Crippen molar-refractivity contribution in [2.45, 2.75) is 390 Å². The fraction of sp³-hybridized carbons (Fsp3) is 0.529. The minimum Gasteiger partial charge on any atom is -0.437 e. The molecular formula is C136H170N8O4+4. The van der Waals surface area contributed by atoms with Crippen LogP contribution in [-0.2, 0) is 28.2 Å². The van der Waals surface area contributed by atoms with Gasteiger partial charge >= 0.3 is 0 Å². The Morgan fingerprint density at radius 1 is 0.270 bits per heavy atom. The lowest BCUT2D eigenvalue weighted by Gasteiger charge is -2.43. The zero-order valence-electron chi connectivity index (χ0n) is 104. The zero-order valence-corrected chi connectivity index (χ0v) is 92.2. The fourth-order valence-corrected chi connectivity index (χ4v) is 28.0. The Balaban J connectivity index is 0.000000119. The van der Waals surface area contributed by atoms with E-state index in [1.807, 2.05) is 67.4 Å². The molecule has 9 fully saturated rings. The number of benzene rings is 4. The van der Waals surface area contributed by atoms with Crippen LogP contribution in [0, 0.1) is 99.6 Å². The molecule has 0 unspecified atom stereocenters. The fourth-order valence-electron chi connectivity index (χ4n) is 28.0. The highest BCUT2D eigenvalue weighted by atomic mass is 16.4. The van der Waals surface area contributed by atoms with Gasteiger partial charge in [0.2, 0.25) is 45.6 Å². The SMILES string of the molecule is [2H]C([2H])([2H])c1c[n+](C)c(-c2c(C)ccc3c2oc2nc(C)ccc23)cc1C1([2H])CCC(C2CCC(C)(C)CC2)CC1.[2H]C([2H])([2H])c1c[n+](C)c(-c2c(C)ccc3c2oc2nc(C)ccc23)cc1C1([2H])CCC2(CCCCC2)CC1.[2H]C1(c2cc[n+](C)c(-c3c(C)ccc4c3oc3nc(C5([2H])CCC(C)(C)CC5)ccc34)c2)CCC(C)(C)CC1.[2H]C1(c2cc[n+](C)c(-c3c(C)ccc4c3oc3nc(C5([2H])CCC(C)(C)CC5)ccc34)c2)CCC2(CCCCC2)CC1. The first-order valence-corrected chi connectivity index (χ1v) is 56.9. The van der Waals surface area contributed by atoms with Crippen molar-refractivity contribution in [2.75, 3.05) is 0 Å². The zero-order chi connectivity index (χ0) is 113. The van der Waals surface area contributed by atoms with E-state index in [0.717, 1.165) is 288 Å². The van der Waals surface area contributed by atoms with E-state index < -0.39 is 49.1 Å². The van der Waals surface area contributed by atoms with Crippen molar-refractivity contribution in [3.8, 4) is 45.0 Å². The van der Waals surface area contributed by atoms with Gasteiger partial charge in [-0.25, -0.2) is 38.2 Å². The third kappa shape index (κ3) is 20.5. The molecular weight excluding hydrogens is 1810 g/mol. The van der Waals surface area contributed by atoms with Crippen molar-refractivity contribution in [3.63, 3.8) is 0 Å². The Hall–Kier alpha value is -10.7. The molecule has 0 aliphatic heterocycles. The molecule has 0 bridgehead atoms. The summed E-state index contributed by atoms with van der Waals surface area (Å²) in [6.45, 7) is 26.4. The van der Waals surface area contributed by atoms with Crippen molar-refractivity contribution in [3.05, 3.63) is 237 Å². The van der Waals surface area contributed by atoms with E-state index in [-0.39, 0.29) is 0 Å². The number of hydrogen-bond donors (Lipinski definition) is 0. The molecule has 0 amide bonds. The summed E-state index contributed by atoms with van der Waals surface area (Å²) in [4.78, 5) is 19.2. The van der Waals surface area contributed by atoms with Crippen LogP contribution < -0.4 is 18.3 Å². The summed E-state index contributed by atoms with van der Waals surface area (Å²) in [5.41, 5.74) is 27.8. The van der Waals surface area contributed by atoms with Crippen LogP contribution in [-0.4, -0.2) is 19.9 Å². The highest BCUT2D eigenvalue weighted by Gasteiger charge is 2.43. The number of fused-ring (bicyclic) bond motifs is 12. The number of furan rings is 4. The number of aryl methyl sites for hydroxylation is 12. The number of pyridine rings is 8. The van der Waals surface area contributed by atoms with E-state index in [1.54, 1.807) is 12.4 Å². The van der Waals surface area contributed by atoms with Gasteiger partial charge < -0.3 is 17.7 Å². The van der Waals surface area contributed by atoms with Crippen LogP contribution in [0.15, 0.2) is 176 Å². The molecule has 0 radical (unpaired) electrons. The molecule has 0 N–H and O–H groups in total. The molecule has 9 aliphatic carbocycles. The summed E-state index contributed by atoms with van der Waals surface area (Å²) in [6, 6.07) is 46.2. The molecule has 12 heteroatoms. The first-order valence-electron chi connectivity index (χ1n) is 62.9. The molecule has 12 nitrogen and oxygen atoms in total. The molecule has 25 rings (SSSR count). The molecule has 9 aliphatic rings. The lowest BCUT2D eigenvalue weighted by Crippen LogP contribution is -2.33. The summed E-state index contributed by atoms with van der Waals surface area (Å²) in [5, 5.41) is 8.05. The van der Waals surface area contributed by atoms with Crippen LogP contribution in [0.1, 0.15) is 430 Å². The van der Waals surface area contributed by atoms with Gasteiger partial charge in [0.15, 0.2) is 47.1 Å². The second-order valence-corrected chi connectivity index (χ2v) is 50.7. The van der Waals surface area contributed by atoms with E-state index in [2.05, 4.69) is 232 Å². The third-order valence-electron chi connectivity index (χ3n) is 38.3. The lowest BCUT2D eigenvalue weighted by atomic mass is 9.62. The Morgan fingerprint density at radius 2 is 0.554 bits per heavy atom. The first-order chi connectivity index (χ1) is 75.5. The molecule has 4 aromatic carbocycles. The average Bonchev–Trinajstić information content (AvgIpc) is 0.818. The third-order valence-corrected chi connectivity index (χ3v) is 38.3. The van der Waals surface area contributed by atoms with Crippen LogP contribution in [0.5, 0.6) is 0 Å². The molecule has 0 atom stereocenters. The minimum atomic E-state index is -2.30.